The van der Waals surface area contributed by atoms with Gasteiger partial charge in [0.1, 0.15) is 0 Å². The van der Waals surface area contributed by atoms with Crippen molar-refractivity contribution in [2.45, 2.75) is 12.7 Å². The maximum Gasteiger partial charge on any atom is 0.418 e. The van der Waals surface area contributed by atoms with Gasteiger partial charge >= 0.3 is 6.18 Å². The van der Waals surface area contributed by atoms with Crippen LogP contribution >= 0.6 is 12.2 Å². The molecule has 0 aromatic heterocycles. The molecule has 1 aliphatic heterocycles. The molecule has 0 unspecified atom stereocenters. The summed E-state index contributed by atoms with van der Waals surface area (Å²) >= 11 is 5.34. The van der Waals surface area contributed by atoms with E-state index in [9.17, 15) is 13.2 Å². The number of hydrogen-bond donors (Lipinski definition) is 1. The van der Waals surface area contributed by atoms with Gasteiger partial charge in [0.2, 0.25) is 0 Å². The van der Waals surface area contributed by atoms with Crippen LogP contribution in [0.3, 0.4) is 0 Å². The second-order valence-electron chi connectivity index (χ2n) is 6.22. The molecule has 2 aromatic rings. The molecule has 138 valence electrons. The molecular formula is C19H20F3N3S. The number of alkyl halides is 3. The predicted octanol–water partition coefficient (Wildman–Crippen LogP) is 4.22. The second kappa shape index (κ2) is 8.05. The summed E-state index contributed by atoms with van der Waals surface area (Å²) in [6.07, 6.45) is -4.41. The summed E-state index contributed by atoms with van der Waals surface area (Å²) in [5, 5.41) is 3.10. The van der Waals surface area contributed by atoms with Crippen molar-refractivity contribution >= 4 is 23.0 Å². The van der Waals surface area contributed by atoms with Gasteiger partial charge in [-0.15, -0.1) is 0 Å². The lowest BCUT2D eigenvalue weighted by atomic mass is 10.1. The molecule has 0 atom stereocenters. The maximum atomic E-state index is 13.1. The monoisotopic (exact) mass is 379 g/mol. The van der Waals surface area contributed by atoms with E-state index in [4.69, 9.17) is 12.2 Å². The van der Waals surface area contributed by atoms with Crippen molar-refractivity contribution in [2.75, 3.05) is 31.5 Å². The average molecular weight is 379 g/mol. The van der Waals surface area contributed by atoms with E-state index in [0.717, 1.165) is 25.7 Å². The third-order valence-corrected chi connectivity index (χ3v) is 4.74. The summed E-state index contributed by atoms with van der Waals surface area (Å²) in [5.74, 6) is 0. The Balaban J connectivity index is 1.56. The Bertz CT molecular complexity index is 741. The summed E-state index contributed by atoms with van der Waals surface area (Å²) in [4.78, 5) is 4.24. The van der Waals surface area contributed by atoms with Crippen LogP contribution in [0.5, 0.6) is 0 Å². The molecule has 1 aliphatic rings. The van der Waals surface area contributed by atoms with Crippen molar-refractivity contribution in [3.63, 3.8) is 0 Å². The molecule has 0 aliphatic carbocycles. The van der Waals surface area contributed by atoms with Gasteiger partial charge in [-0.25, -0.2) is 0 Å². The Kier molecular flexibility index (Phi) is 5.78. The lowest BCUT2D eigenvalue weighted by molar-refractivity contribution is -0.136. The SMILES string of the molecule is FC(F)(F)c1ccccc1NC(=S)N1CCN(Cc2ccccc2)CC1. The number of para-hydroxylation sites is 1. The number of thiocarbonyl (C=S) groups is 1. The van der Waals surface area contributed by atoms with E-state index in [2.05, 4.69) is 22.3 Å². The third kappa shape index (κ3) is 4.74. The minimum absolute atomic E-state index is 0.00304. The molecule has 1 saturated heterocycles. The molecule has 2 aromatic carbocycles. The van der Waals surface area contributed by atoms with Gasteiger partial charge in [-0.2, -0.15) is 13.2 Å². The summed E-state index contributed by atoms with van der Waals surface area (Å²) < 4.78 is 39.3. The van der Waals surface area contributed by atoms with Crippen molar-refractivity contribution in [1.29, 1.82) is 0 Å². The highest BCUT2D eigenvalue weighted by molar-refractivity contribution is 7.80. The second-order valence-corrected chi connectivity index (χ2v) is 6.61. The van der Waals surface area contributed by atoms with Crippen LogP contribution in [0.15, 0.2) is 54.6 Å². The molecular weight excluding hydrogens is 359 g/mol. The lowest BCUT2D eigenvalue weighted by Gasteiger charge is -2.36. The van der Waals surface area contributed by atoms with Gasteiger partial charge in [-0.1, -0.05) is 42.5 Å². The normalized spacial score (nSPS) is 15.7. The van der Waals surface area contributed by atoms with Gasteiger partial charge in [-0.3, -0.25) is 4.90 Å². The largest absolute Gasteiger partial charge is 0.418 e. The van der Waals surface area contributed by atoms with Crippen LogP contribution in [0.1, 0.15) is 11.1 Å². The van der Waals surface area contributed by atoms with Crippen molar-refractivity contribution in [3.8, 4) is 0 Å². The fourth-order valence-electron chi connectivity index (χ4n) is 2.98. The van der Waals surface area contributed by atoms with E-state index >= 15 is 0 Å². The molecule has 1 fully saturated rings. The standard InChI is InChI=1S/C19H20F3N3S/c20-19(21,22)16-8-4-5-9-17(16)23-18(26)25-12-10-24(11-13-25)14-15-6-2-1-3-7-15/h1-9H,10-14H2,(H,23,26). The minimum atomic E-state index is -4.41. The van der Waals surface area contributed by atoms with Crippen LogP contribution in [0.4, 0.5) is 18.9 Å². The van der Waals surface area contributed by atoms with Crippen LogP contribution < -0.4 is 5.32 Å². The number of piperazine rings is 1. The van der Waals surface area contributed by atoms with E-state index in [-0.39, 0.29) is 5.69 Å². The summed E-state index contributed by atoms with van der Waals surface area (Å²) in [7, 11) is 0. The van der Waals surface area contributed by atoms with E-state index in [1.54, 1.807) is 6.07 Å². The number of nitrogens with zero attached hydrogens (tertiary/aromatic N) is 2. The molecule has 26 heavy (non-hydrogen) atoms. The molecule has 0 saturated carbocycles. The first-order valence-corrected chi connectivity index (χ1v) is 8.83. The predicted molar refractivity (Wildman–Crippen MR) is 101 cm³/mol. The van der Waals surface area contributed by atoms with Crippen LogP contribution in [-0.2, 0) is 12.7 Å². The molecule has 0 amide bonds. The van der Waals surface area contributed by atoms with Crippen LogP contribution in [0.2, 0.25) is 0 Å². The molecule has 0 spiro atoms. The minimum Gasteiger partial charge on any atom is -0.346 e. The van der Waals surface area contributed by atoms with Crippen molar-refractivity contribution in [3.05, 3.63) is 65.7 Å². The molecule has 0 bridgehead atoms. The summed E-state index contributed by atoms with van der Waals surface area (Å²) in [6, 6.07) is 15.6. The quantitative estimate of drug-likeness (QED) is 0.805. The molecule has 1 N–H and O–H groups in total. The van der Waals surface area contributed by atoms with Gasteiger partial charge in [0.05, 0.1) is 11.3 Å². The van der Waals surface area contributed by atoms with Gasteiger partial charge in [-0.05, 0) is 29.9 Å². The van der Waals surface area contributed by atoms with E-state index in [1.807, 2.05) is 23.1 Å². The highest BCUT2D eigenvalue weighted by Gasteiger charge is 2.33. The van der Waals surface area contributed by atoms with Crippen LogP contribution in [-0.4, -0.2) is 41.1 Å². The zero-order valence-electron chi connectivity index (χ0n) is 14.2. The Morgan fingerprint density at radius 1 is 0.923 bits per heavy atom. The van der Waals surface area contributed by atoms with Gasteiger partial charge in [0.15, 0.2) is 5.11 Å². The molecule has 0 radical (unpaired) electrons. The first kappa shape index (κ1) is 18.7. The van der Waals surface area contributed by atoms with E-state index < -0.39 is 11.7 Å². The first-order valence-electron chi connectivity index (χ1n) is 8.42. The number of nitrogens with one attached hydrogen (secondary N) is 1. The van der Waals surface area contributed by atoms with Crippen molar-refractivity contribution in [1.82, 2.24) is 9.80 Å². The smallest absolute Gasteiger partial charge is 0.346 e. The number of rotatable bonds is 3. The third-order valence-electron chi connectivity index (χ3n) is 4.38. The van der Waals surface area contributed by atoms with Crippen LogP contribution in [0.25, 0.3) is 0 Å². The van der Waals surface area contributed by atoms with E-state index in [1.165, 1.54) is 17.7 Å². The number of benzene rings is 2. The summed E-state index contributed by atoms with van der Waals surface area (Å²) in [6.45, 7) is 3.88. The van der Waals surface area contributed by atoms with Crippen molar-refractivity contribution in [2.24, 2.45) is 0 Å². The maximum absolute atomic E-state index is 13.1. The first-order chi connectivity index (χ1) is 12.4. The van der Waals surface area contributed by atoms with E-state index in [0.29, 0.717) is 18.2 Å². The fraction of sp³-hybridized carbons (Fsp3) is 0.316. The highest BCUT2D eigenvalue weighted by Crippen LogP contribution is 2.34. The molecule has 1 heterocycles. The van der Waals surface area contributed by atoms with Gasteiger partial charge < -0.3 is 10.2 Å². The fourth-order valence-corrected chi connectivity index (χ4v) is 3.28. The number of hydrogen-bond acceptors (Lipinski definition) is 2. The van der Waals surface area contributed by atoms with Crippen molar-refractivity contribution < 1.29 is 13.2 Å². The Labute approximate surface area is 156 Å². The Morgan fingerprint density at radius 2 is 1.54 bits per heavy atom. The summed E-state index contributed by atoms with van der Waals surface area (Å²) in [5.41, 5.74) is 0.544. The van der Waals surface area contributed by atoms with Gasteiger partial charge in [0, 0.05) is 32.7 Å². The topological polar surface area (TPSA) is 18.5 Å². The van der Waals surface area contributed by atoms with Gasteiger partial charge in [0.25, 0.3) is 0 Å². The average Bonchev–Trinajstić information content (AvgIpc) is 2.63. The molecule has 3 rings (SSSR count). The number of anilines is 1. The number of halogens is 3. The zero-order chi connectivity index (χ0) is 18.6. The van der Waals surface area contributed by atoms with Crippen LogP contribution in [0, 0.1) is 0 Å². The highest BCUT2D eigenvalue weighted by atomic mass is 32.1. The molecule has 7 heteroatoms. The molecule has 3 nitrogen and oxygen atoms in total. The zero-order valence-corrected chi connectivity index (χ0v) is 15.0. The Hall–Kier alpha value is -2.12. The lowest BCUT2D eigenvalue weighted by Crippen LogP contribution is -2.49. The Morgan fingerprint density at radius 3 is 2.19 bits per heavy atom.